The molecule has 2 aromatic heterocycles. The lowest BCUT2D eigenvalue weighted by Crippen LogP contribution is -2.43. The molecule has 1 unspecified atom stereocenters. The number of carbonyl (C=O) groups is 1. The van der Waals surface area contributed by atoms with E-state index in [0.717, 1.165) is 0 Å². The lowest BCUT2D eigenvalue weighted by Gasteiger charge is -2.30. The Bertz CT molecular complexity index is 783. The molecule has 0 aliphatic carbocycles. The van der Waals surface area contributed by atoms with Crippen molar-refractivity contribution >= 4 is 33.1 Å². The minimum absolute atomic E-state index is 0.185. The average Bonchev–Trinajstić information content (AvgIpc) is 3.19. The molecule has 1 saturated heterocycles. The molecular weight excluding hydrogens is 336 g/mol. The van der Waals surface area contributed by atoms with Crippen LogP contribution in [0.1, 0.15) is 12.8 Å². The fraction of sp³-hybridized carbons (Fsp3) is 0.429. The van der Waals surface area contributed by atoms with Gasteiger partial charge in [0.1, 0.15) is 4.21 Å². The predicted octanol–water partition coefficient (Wildman–Crippen LogP) is 1.52. The first-order valence-electron chi connectivity index (χ1n) is 7.31. The van der Waals surface area contributed by atoms with Crippen molar-refractivity contribution in [3.05, 3.63) is 29.8 Å². The van der Waals surface area contributed by atoms with Crippen LogP contribution in [-0.4, -0.2) is 41.5 Å². The van der Waals surface area contributed by atoms with Crippen molar-refractivity contribution in [1.82, 2.24) is 14.1 Å². The highest BCUT2D eigenvalue weighted by molar-refractivity contribution is 7.91. The number of aryl methyl sites for hydroxylation is 1. The Morgan fingerprint density at radius 1 is 1.43 bits per heavy atom. The number of hydrogen-bond acceptors (Lipinski definition) is 5. The van der Waals surface area contributed by atoms with E-state index in [4.69, 9.17) is 0 Å². The standard InChI is InChI=1S/C14H18N4O3S2/c1-17-8-6-12(16-17)15-14(19)11-4-2-7-18(10-11)23(20,21)13-5-3-9-22-13/h3,5-6,8-9,11H,2,4,7,10H2,1H3,(H,15,16,19). The molecule has 0 saturated carbocycles. The molecule has 7 nitrogen and oxygen atoms in total. The fourth-order valence-electron chi connectivity index (χ4n) is 2.62. The summed E-state index contributed by atoms with van der Waals surface area (Å²) < 4.78 is 28.5. The largest absolute Gasteiger partial charge is 0.309 e. The molecule has 3 rings (SSSR count). The maximum Gasteiger partial charge on any atom is 0.252 e. The van der Waals surface area contributed by atoms with E-state index in [1.165, 1.54) is 15.6 Å². The number of sulfonamides is 1. The molecule has 2 aromatic rings. The zero-order valence-corrected chi connectivity index (χ0v) is 14.3. The minimum Gasteiger partial charge on any atom is -0.309 e. The second-order valence-electron chi connectivity index (χ2n) is 5.50. The van der Waals surface area contributed by atoms with Crippen LogP contribution in [-0.2, 0) is 21.9 Å². The number of hydrogen-bond donors (Lipinski definition) is 1. The maximum atomic E-state index is 12.6. The summed E-state index contributed by atoms with van der Waals surface area (Å²) >= 11 is 1.20. The van der Waals surface area contributed by atoms with Crippen molar-refractivity contribution in [3.63, 3.8) is 0 Å². The van der Waals surface area contributed by atoms with Crippen LogP contribution in [0.3, 0.4) is 0 Å². The fourth-order valence-corrected chi connectivity index (χ4v) is 5.29. The predicted molar refractivity (Wildman–Crippen MR) is 87.6 cm³/mol. The highest BCUT2D eigenvalue weighted by Crippen LogP contribution is 2.26. The molecule has 0 bridgehead atoms. The summed E-state index contributed by atoms with van der Waals surface area (Å²) in [4.78, 5) is 12.4. The lowest BCUT2D eigenvalue weighted by atomic mass is 9.99. The summed E-state index contributed by atoms with van der Waals surface area (Å²) in [6.07, 6.45) is 3.09. The van der Waals surface area contributed by atoms with E-state index in [9.17, 15) is 13.2 Å². The molecule has 3 heterocycles. The van der Waals surface area contributed by atoms with Crippen molar-refractivity contribution < 1.29 is 13.2 Å². The molecule has 1 aliphatic rings. The number of piperidine rings is 1. The van der Waals surface area contributed by atoms with E-state index < -0.39 is 10.0 Å². The molecule has 0 aromatic carbocycles. The molecule has 9 heteroatoms. The first-order valence-corrected chi connectivity index (χ1v) is 9.63. The monoisotopic (exact) mass is 354 g/mol. The Labute approximate surface area is 139 Å². The minimum atomic E-state index is -3.50. The topological polar surface area (TPSA) is 84.3 Å². The van der Waals surface area contributed by atoms with E-state index in [1.807, 2.05) is 0 Å². The quantitative estimate of drug-likeness (QED) is 0.902. The van der Waals surface area contributed by atoms with Gasteiger partial charge in [-0.3, -0.25) is 9.48 Å². The van der Waals surface area contributed by atoms with Crippen molar-refractivity contribution in [2.24, 2.45) is 13.0 Å². The third-order valence-electron chi connectivity index (χ3n) is 3.81. The first-order chi connectivity index (χ1) is 11.0. The summed E-state index contributed by atoms with van der Waals surface area (Å²) in [5.74, 6) is -0.0639. The Hall–Kier alpha value is -1.71. The Balaban J connectivity index is 1.69. The van der Waals surface area contributed by atoms with Gasteiger partial charge in [0.15, 0.2) is 5.82 Å². The van der Waals surface area contributed by atoms with E-state index in [2.05, 4.69) is 10.4 Å². The van der Waals surface area contributed by atoms with Crippen LogP contribution in [0.5, 0.6) is 0 Å². The highest BCUT2D eigenvalue weighted by Gasteiger charge is 2.33. The van der Waals surface area contributed by atoms with Crippen LogP contribution in [0.2, 0.25) is 0 Å². The SMILES string of the molecule is Cn1ccc(NC(=O)C2CCCN(S(=O)(=O)c3cccs3)C2)n1. The first kappa shape index (κ1) is 16.2. The number of rotatable bonds is 4. The van der Waals surface area contributed by atoms with Crippen molar-refractivity contribution in [2.45, 2.75) is 17.1 Å². The summed E-state index contributed by atoms with van der Waals surface area (Å²) in [6, 6.07) is 5.02. The summed E-state index contributed by atoms with van der Waals surface area (Å²) in [6.45, 7) is 0.659. The van der Waals surface area contributed by atoms with Gasteiger partial charge in [-0.05, 0) is 24.3 Å². The van der Waals surface area contributed by atoms with Crippen LogP contribution in [0, 0.1) is 5.92 Å². The van der Waals surface area contributed by atoms with E-state index in [0.29, 0.717) is 29.4 Å². The number of thiophene rings is 1. The van der Waals surface area contributed by atoms with Gasteiger partial charge in [0.2, 0.25) is 5.91 Å². The summed E-state index contributed by atoms with van der Waals surface area (Å²) in [7, 11) is -1.73. The van der Waals surface area contributed by atoms with Gasteiger partial charge in [-0.2, -0.15) is 9.40 Å². The zero-order chi connectivity index (χ0) is 16.4. The number of nitrogens with zero attached hydrogens (tertiary/aromatic N) is 3. The lowest BCUT2D eigenvalue weighted by molar-refractivity contribution is -0.120. The Morgan fingerprint density at radius 2 is 2.26 bits per heavy atom. The molecular formula is C14H18N4O3S2. The Morgan fingerprint density at radius 3 is 2.91 bits per heavy atom. The van der Waals surface area contributed by atoms with Crippen LogP contribution in [0.4, 0.5) is 5.82 Å². The normalized spacial score (nSPS) is 19.6. The van der Waals surface area contributed by atoms with E-state index in [-0.39, 0.29) is 18.4 Å². The van der Waals surface area contributed by atoms with Gasteiger partial charge in [0, 0.05) is 32.4 Å². The molecule has 0 radical (unpaired) electrons. The molecule has 1 amide bonds. The number of amides is 1. The molecule has 23 heavy (non-hydrogen) atoms. The van der Waals surface area contributed by atoms with Gasteiger partial charge in [-0.15, -0.1) is 11.3 Å². The van der Waals surface area contributed by atoms with Gasteiger partial charge >= 0.3 is 0 Å². The number of nitrogens with one attached hydrogen (secondary N) is 1. The molecule has 1 aliphatic heterocycles. The molecule has 1 atom stereocenters. The average molecular weight is 354 g/mol. The highest BCUT2D eigenvalue weighted by atomic mass is 32.2. The molecule has 1 N–H and O–H groups in total. The molecule has 124 valence electrons. The molecule has 0 spiro atoms. The zero-order valence-electron chi connectivity index (χ0n) is 12.7. The summed E-state index contributed by atoms with van der Waals surface area (Å²) in [5, 5.41) is 8.60. The van der Waals surface area contributed by atoms with Gasteiger partial charge in [0.25, 0.3) is 10.0 Å². The third-order valence-corrected chi connectivity index (χ3v) is 7.05. The second kappa shape index (κ2) is 6.42. The second-order valence-corrected chi connectivity index (χ2v) is 8.61. The number of carbonyl (C=O) groups excluding carboxylic acids is 1. The van der Waals surface area contributed by atoms with Crippen LogP contribution in [0.25, 0.3) is 0 Å². The van der Waals surface area contributed by atoms with Crippen LogP contribution >= 0.6 is 11.3 Å². The van der Waals surface area contributed by atoms with E-state index >= 15 is 0 Å². The van der Waals surface area contributed by atoms with Crippen molar-refractivity contribution in [2.75, 3.05) is 18.4 Å². The van der Waals surface area contributed by atoms with Crippen molar-refractivity contribution in [1.29, 1.82) is 0 Å². The van der Waals surface area contributed by atoms with Crippen LogP contribution in [0.15, 0.2) is 34.0 Å². The van der Waals surface area contributed by atoms with Gasteiger partial charge < -0.3 is 5.32 Å². The smallest absolute Gasteiger partial charge is 0.252 e. The number of anilines is 1. The Kier molecular flexibility index (Phi) is 4.51. The maximum absolute atomic E-state index is 12.6. The van der Waals surface area contributed by atoms with E-state index in [1.54, 1.807) is 41.5 Å². The van der Waals surface area contributed by atoms with Gasteiger partial charge in [0.05, 0.1) is 5.92 Å². The third kappa shape index (κ3) is 3.46. The number of aromatic nitrogens is 2. The van der Waals surface area contributed by atoms with Crippen LogP contribution < -0.4 is 5.32 Å². The van der Waals surface area contributed by atoms with Gasteiger partial charge in [-0.1, -0.05) is 6.07 Å². The molecule has 1 fully saturated rings. The summed E-state index contributed by atoms with van der Waals surface area (Å²) in [5.41, 5.74) is 0. The van der Waals surface area contributed by atoms with Gasteiger partial charge in [-0.25, -0.2) is 8.42 Å². The van der Waals surface area contributed by atoms with Crippen molar-refractivity contribution in [3.8, 4) is 0 Å².